The molecule has 10 heteroatoms. The highest BCUT2D eigenvalue weighted by atomic mass is 32.2. The number of nitrogens with one attached hydrogen (secondary N) is 1. The van der Waals surface area contributed by atoms with Gasteiger partial charge in [-0.1, -0.05) is 44.2 Å². The standard InChI is InChI=1S/C27H37N3O6S/c1-4-15-28-27(32)23(5-2)29(20-21-10-7-6-8-11-21)26(31)12-9-16-30(37(3,33)34)22-13-14-24-25(19-22)36-18-17-35-24/h6-8,10-11,13-14,19,23H,4-5,9,12,15-18,20H2,1-3H3,(H,28,32)/t23-/m1/s1. The minimum atomic E-state index is -3.61. The van der Waals surface area contributed by atoms with Crippen LogP contribution in [0.4, 0.5) is 5.69 Å². The molecular formula is C27H37N3O6S. The van der Waals surface area contributed by atoms with E-state index in [1.54, 1.807) is 23.1 Å². The molecule has 2 amide bonds. The molecule has 1 N–H and O–H groups in total. The molecule has 0 aromatic heterocycles. The zero-order valence-electron chi connectivity index (χ0n) is 21.8. The van der Waals surface area contributed by atoms with Gasteiger partial charge in [-0.15, -0.1) is 0 Å². The van der Waals surface area contributed by atoms with E-state index in [0.29, 0.717) is 56.3 Å². The Labute approximate surface area is 219 Å². The number of sulfonamides is 1. The molecule has 0 unspecified atom stereocenters. The molecule has 0 radical (unpaired) electrons. The van der Waals surface area contributed by atoms with Gasteiger partial charge in [-0.3, -0.25) is 13.9 Å². The predicted molar refractivity (Wildman–Crippen MR) is 143 cm³/mol. The molecule has 0 aliphatic carbocycles. The fourth-order valence-electron chi connectivity index (χ4n) is 4.26. The quantitative estimate of drug-likeness (QED) is 0.425. The van der Waals surface area contributed by atoms with Gasteiger partial charge < -0.3 is 19.7 Å². The van der Waals surface area contributed by atoms with Gasteiger partial charge >= 0.3 is 0 Å². The maximum Gasteiger partial charge on any atom is 0.242 e. The molecule has 202 valence electrons. The van der Waals surface area contributed by atoms with E-state index >= 15 is 0 Å². The lowest BCUT2D eigenvalue weighted by atomic mass is 10.1. The maximum absolute atomic E-state index is 13.4. The van der Waals surface area contributed by atoms with E-state index in [1.807, 2.05) is 44.2 Å². The fourth-order valence-corrected chi connectivity index (χ4v) is 5.21. The van der Waals surface area contributed by atoms with Gasteiger partial charge in [-0.2, -0.15) is 0 Å². The Balaban J connectivity index is 1.74. The van der Waals surface area contributed by atoms with Crippen LogP contribution in [0.15, 0.2) is 48.5 Å². The lowest BCUT2D eigenvalue weighted by molar-refractivity contribution is -0.141. The molecule has 2 aromatic carbocycles. The molecule has 0 saturated heterocycles. The summed E-state index contributed by atoms with van der Waals surface area (Å²) in [5.74, 6) is 0.689. The number of benzene rings is 2. The smallest absolute Gasteiger partial charge is 0.242 e. The minimum absolute atomic E-state index is 0.0982. The number of hydrogen-bond acceptors (Lipinski definition) is 6. The van der Waals surface area contributed by atoms with E-state index in [4.69, 9.17) is 9.47 Å². The van der Waals surface area contributed by atoms with Crippen LogP contribution in [0.25, 0.3) is 0 Å². The summed E-state index contributed by atoms with van der Waals surface area (Å²) in [4.78, 5) is 27.9. The van der Waals surface area contributed by atoms with Gasteiger partial charge in [0.05, 0.1) is 11.9 Å². The summed E-state index contributed by atoms with van der Waals surface area (Å²) in [7, 11) is -3.61. The van der Waals surface area contributed by atoms with Crippen molar-refractivity contribution in [3.63, 3.8) is 0 Å². The van der Waals surface area contributed by atoms with Gasteiger partial charge in [0.15, 0.2) is 11.5 Å². The molecule has 9 nitrogen and oxygen atoms in total. The zero-order chi connectivity index (χ0) is 26.8. The van der Waals surface area contributed by atoms with Crippen LogP contribution in [0.2, 0.25) is 0 Å². The highest BCUT2D eigenvalue weighted by molar-refractivity contribution is 7.92. The second-order valence-corrected chi connectivity index (χ2v) is 10.9. The first-order valence-corrected chi connectivity index (χ1v) is 14.6. The lowest BCUT2D eigenvalue weighted by Gasteiger charge is -2.31. The van der Waals surface area contributed by atoms with Crippen molar-refractivity contribution >= 4 is 27.5 Å². The Hall–Kier alpha value is -3.27. The summed E-state index contributed by atoms with van der Waals surface area (Å²) in [6, 6.07) is 13.9. The Kier molecular flexibility index (Phi) is 10.2. The number of rotatable bonds is 13. The Morgan fingerprint density at radius 2 is 1.73 bits per heavy atom. The summed E-state index contributed by atoms with van der Waals surface area (Å²) in [6.45, 7) is 5.65. The van der Waals surface area contributed by atoms with Crippen LogP contribution >= 0.6 is 0 Å². The number of amides is 2. The SMILES string of the molecule is CCCNC(=O)[C@@H](CC)N(Cc1ccccc1)C(=O)CCCN(c1ccc2c(c1)OCCO2)S(C)(=O)=O. The molecule has 3 rings (SSSR count). The van der Waals surface area contributed by atoms with E-state index in [1.165, 1.54) is 4.31 Å². The average molecular weight is 532 g/mol. The molecule has 0 saturated carbocycles. The minimum Gasteiger partial charge on any atom is -0.486 e. The van der Waals surface area contributed by atoms with Crippen molar-refractivity contribution in [2.24, 2.45) is 0 Å². The second-order valence-electron chi connectivity index (χ2n) is 8.99. The van der Waals surface area contributed by atoms with Gasteiger partial charge in [-0.25, -0.2) is 8.42 Å². The monoisotopic (exact) mass is 531 g/mol. The molecule has 0 spiro atoms. The topological polar surface area (TPSA) is 105 Å². The van der Waals surface area contributed by atoms with E-state index < -0.39 is 16.1 Å². The van der Waals surface area contributed by atoms with Crippen molar-refractivity contribution in [2.75, 3.05) is 36.9 Å². The number of nitrogens with zero attached hydrogens (tertiary/aromatic N) is 2. The molecule has 1 aliphatic heterocycles. The first-order chi connectivity index (χ1) is 17.7. The van der Waals surface area contributed by atoms with Gasteiger partial charge in [-0.05, 0) is 37.0 Å². The van der Waals surface area contributed by atoms with Gasteiger partial charge in [0.25, 0.3) is 0 Å². The Bertz CT molecular complexity index is 1160. The molecule has 2 aromatic rings. The Morgan fingerprint density at radius 3 is 2.38 bits per heavy atom. The molecule has 0 fully saturated rings. The van der Waals surface area contributed by atoms with Crippen molar-refractivity contribution in [2.45, 2.75) is 52.1 Å². The van der Waals surface area contributed by atoms with Crippen LogP contribution in [-0.2, 0) is 26.2 Å². The number of anilines is 1. The van der Waals surface area contributed by atoms with Crippen molar-refractivity contribution < 1.29 is 27.5 Å². The van der Waals surface area contributed by atoms with Crippen molar-refractivity contribution in [1.82, 2.24) is 10.2 Å². The molecule has 1 aliphatic rings. The number of carbonyl (C=O) groups is 2. The van der Waals surface area contributed by atoms with Crippen LogP contribution in [-0.4, -0.2) is 63.7 Å². The van der Waals surface area contributed by atoms with Crippen LogP contribution < -0.4 is 19.1 Å². The van der Waals surface area contributed by atoms with Gasteiger partial charge in [0.2, 0.25) is 21.8 Å². The van der Waals surface area contributed by atoms with E-state index in [-0.39, 0.29) is 24.8 Å². The fraction of sp³-hybridized carbons (Fsp3) is 0.481. The first kappa shape index (κ1) is 28.3. The van der Waals surface area contributed by atoms with Crippen LogP contribution in [0, 0.1) is 0 Å². The summed E-state index contributed by atoms with van der Waals surface area (Å²) in [5.41, 5.74) is 1.37. The number of ether oxygens (including phenoxy) is 2. The normalized spacial score (nSPS) is 13.5. The van der Waals surface area contributed by atoms with Crippen molar-refractivity contribution in [1.29, 1.82) is 0 Å². The second kappa shape index (κ2) is 13.3. The molecule has 0 bridgehead atoms. The molecule has 1 atom stereocenters. The number of fused-ring (bicyclic) bond motifs is 1. The van der Waals surface area contributed by atoms with Crippen LogP contribution in [0.1, 0.15) is 45.1 Å². The van der Waals surface area contributed by atoms with Crippen molar-refractivity contribution in [3.8, 4) is 11.5 Å². The van der Waals surface area contributed by atoms with Crippen LogP contribution in [0.5, 0.6) is 11.5 Å². The van der Waals surface area contributed by atoms with E-state index in [2.05, 4.69) is 5.32 Å². The Morgan fingerprint density at radius 1 is 1.03 bits per heavy atom. The van der Waals surface area contributed by atoms with Crippen molar-refractivity contribution in [3.05, 3.63) is 54.1 Å². The lowest BCUT2D eigenvalue weighted by Crippen LogP contribution is -2.49. The summed E-state index contributed by atoms with van der Waals surface area (Å²) in [5, 5.41) is 2.90. The third kappa shape index (κ3) is 7.85. The molecule has 1 heterocycles. The molecule has 37 heavy (non-hydrogen) atoms. The van der Waals surface area contributed by atoms with E-state index in [9.17, 15) is 18.0 Å². The predicted octanol–water partition coefficient (Wildman–Crippen LogP) is 3.34. The summed E-state index contributed by atoms with van der Waals surface area (Å²) in [6.07, 6.45) is 2.80. The first-order valence-electron chi connectivity index (χ1n) is 12.7. The average Bonchev–Trinajstić information content (AvgIpc) is 2.89. The summed E-state index contributed by atoms with van der Waals surface area (Å²) >= 11 is 0. The number of hydrogen-bond donors (Lipinski definition) is 1. The molecular weight excluding hydrogens is 494 g/mol. The highest BCUT2D eigenvalue weighted by Crippen LogP contribution is 2.34. The number of carbonyl (C=O) groups excluding carboxylic acids is 2. The third-order valence-corrected chi connectivity index (χ3v) is 7.29. The third-order valence-electron chi connectivity index (χ3n) is 6.10. The van der Waals surface area contributed by atoms with Crippen LogP contribution in [0.3, 0.4) is 0 Å². The maximum atomic E-state index is 13.4. The highest BCUT2D eigenvalue weighted by Gasteiger charge is 2.29. The zero-order valence-corrected chi connectivity index (χ0v) is 22.6. The van der Waals surface area contributed by atoms with Gasteiger partial charge in [0.1, 0.15) is 19.3 Å². The largest absolute Gasteiger partial charge is 0.486 e. The van der Waals surface area contributed by atoms with Gasteiger partial charge in [0, 0.05) is 32.1 Å². The summed E-state index contributed by atoms with van der Waals surface area (Å²) < 4.78 is 37.6. The van der Waals surface area contributed by atoms with E-state index in [0.717, 1.165) is 18.2 Å².